The summed E-state index contributed by atoms with van der Waals surface area (Å²) in [6, 6.07) is 4.62. The highest BCUT2D eigenvalue weighted by Crippen LogP contribution is 2.19. The van der Waals surface area contributed by atoms with E-state index in [1.54, 1.807) is 0 Å². The van der Waals surface area contributed by atoms with Gasteiger partial charge < -0.3 is 0 Å². The van der Waals surface area contributed by atoms with Gasteiger partial charge in [-0.2, -0.15) is 0 Å². The van der Waals surface area contributed by atoms with Crippen LogP contribution in [0.3, 0.4) is 0 Å². The van der Waals surface area contributed by atoms with E-state index >= 15 is 0 Å². The van der Waals surface area contributed by atoms with Crippen molar-refractivity contribution in [2.75, 3.05) is 25.9 Å². The minimum Gasteiger partial charge on any atom is -0.213 e. The predicted octanol–water partition coefficient (Wildman–Crippen LogP) is 0.776. The second-order valence-electron chi connectivity index (χ2n) is 5.41. The summed E-state index contributed by atoms with van der Waals surface area (Å²) in [5, 5.41) is 0. The first-order valence-electron chi connectivity index (χ1n) is 6.89. The smallest absolute Gasteiger partial charge is 0.213 e. The van der Waals surface area contributed by atoms with Crippen LogP contribution in [0.4, 0.5) is 4.39 Å². The first-order valence-corrected chi connectivity index (χ1v) is 10.2. The van der Waals surface area contributed by atoms with Gasteiger partial charge in [0.25, 0.3) is 0 Å². The van der Waals surface area contributed by atoms with Crippen LogP contribution in [0.1, 0.15) is 12.8 Å². The normalized spacial score (nSPS) is 18.5. The number of sulfonamides is 2. The average Bonchev–Trinajstić information content (AvgIpc) is 2.45. The van der Waals surface area contributed by atoms with E-state index in [2.05, 4.69) is 4.72 Å². The molecule has 0 saturated carbocycles. The number of hydrogen-bond donors (Lipinski definition) is 1. The lowest BCUT2D eigenvalue weighted by atomic mass is 9.99. The topological polar surface area (TPSA) is 83.6 Å². The largest absolute Gasteiger partial charge is 0.240 e. The Labute approximate surface area is 130 Å². The quantitative estimate of drug-likeness (QED) is 0.850. The molecule has 0 amide bonds. The number of nitrogens with one attached hydrogen (secondary N) is 1. The Morgan fingerprint density at radius 1 is 1.14 bits per heavy atom. The zero-order valence-corrected chi connectivity index (χ0v) is 13.8. The van der Waals surface area contributed by atoms with Crippen LogP contribution in [-0.2, 0) is 20.0 Å². The maximum Gasteiger partial charge on any atom is 0.240 e. The lowest BCUT2D eigenvalue weighted by molar-refractivity contribution is 0.275. The number of nitrogens with zero attached hydrogens (tertiary/aromatic N) is 1. The summed E-state index contributed by atoms with van der Waals surface area (Å²) in [4.78, 5) is 0.0162. The fourth-order valence-electron chi connectivity index (χ4n) is 2.37. The van der Waals surface area contributed by atoms with Crippen LogP contribution >= 0.6 is 0 Å². The summed E-state index contributed by atoms with van der Waals surface area (Å²) < 4.78 is 63.7. The van der Waals surface area contributed by atoms with Gasteiger partial charge in [-0.1, -0.05) is 0 Å². The van der Waals surface area contributed by atoms with E-state index in [0.717, 1.165) is 12.1 Å². The fraction of sp³-hybridized carbons (Fsp3) is 0.538. The molecular formula is C13H19FN2O4S2. The second kappa shape index (κ2) is 6.61. The van der Waals surface area contributed by atoms with E-state index in [0.29, 0.717) is 25.9 Å². The zero-order valence-electron chi connectivity index (χ0n) is 12.2. The van der Waals surface area contributed by atoms with Gasteiger partial charge in [-0.15, -0.1) is 0 Å². The predicted molar refractivity (Wildman–Crippen MR) is 80.7 cm³/mol. The molecule has 1 saturated heterocycles. The minimum absolute atomic E-state index is 0.0162. The molecule has 0 aromatic heterocycles. The standard InChI is InChI=1S/C13H19FN2O4S2/c1-21(17,18)16-8-6-11(7-9-16)10-15-22(19,20)13-4-2-12(14)3-5-13/h2-5,11,15H,6-10H2,1H3. The van der Waals surface area contributed by atoms with Gasteiger partial charge in [0.2, 0.25) is 20.0 Å². The molecule has 0 bridgehead atoms. The summed E-state index contributed by atoms with van der Waals surface area (Å²) in [5.74, 6) is -0.402. The maximum atomic E-state index is 12.8. The first kappa shape index (κ1) is 17.3. The lowest BCUT2D eigenvalue weighted by Gasteiger charge is -2.30. The van der Waals surface area contributed by atoms with Crippen molar-refractivity contribution in [3.8, 4) is 0 Å². The zero-order chi connectivity index (χ0) is 16.4. The van der Waals surface area contributed by atoms with Gasteiger partial charge in [-0.05, 0) is 43.0 Å². The maximum absolute atomic E-state index is 12.8. The molecule has 0 atom stereocenters. The monoisotopic (exact) mass is 350 g/mol. The van der Waals surface area contributed by atoms with Crippen molar-refractivity contribution < 1.29 is 21.2 Å². The SMILES string of the molecule is CS(=O)(=O)N1CCC(CNS(=O)(=O)c2ccc(F)cc2)CC1. The molecule has 1 aromatic carbocycles. The van der Waals surface area contributed by atoms with E-state index < -0.39 is 25.9 Å². The van der Waals surface area contributed by atoms with Gasteiger partial charge in [-0.3, -0.25) is 0 Å². The van der Waals surface area contributed by atoms with Crippen molar-refractivity contribution in [1.29, 1.82) is 0 Å². The Kier molecular flexibility index (Phi) is 5.21. The van der Waals surface area contributed by atoms with Crippen LogP contribution in [-0.4, -0.2) is 47.0 Å². The Bertz CT molecular complexity index is 709. The Hall–Kier alpha value is -1.03. The molecule has 1 fully saturated rings. The van der Waals surface area contributed by atoms with Gasteiger partial charge >= 0.3 is 0 Å². The van der Waals surface area contributed by atoms with E-state index in [1.807, 2.05) is 0 Å². The number of hydrogen-bond acceptors (Lipinski definition) is 4. The Balaban J connectivity index is 1.90. The van der Waals surface area contributed by atoms with Crippen molar-refractivity contribution in [3.63, 3.8) is 0 Å². The van der Waals surface area contributed by atoms with Gasteiger partial charge in [0.1, 0.15) is 5.82 Å². The molecule has 22 heavy (non-hydrogen) atoms. The van der Waals surface area contributed by atoms with Crippen molar-refractivity contribution in [2.24, 2.45) is 5.92 Å². The number of piperidine rings is 1. The lowest BCUT2D eigenvalue weighted by Crippen LogP contribution is -2.41. The van der Waals surface area contributed by atoms with Crippen LogP contribution in [0.5, 0.6) is 0 Å². The van der Waals surface area contributed by atoms with E-state index in [4.69, 9.17) is 0 Å². The Morgan fingerprint density at radius 3 is 2.18 bits per heavy atom. The first-order chi connectivity index (χ1) is 10.2. The third kappa shape index (κ3) is 4.48. The summed E-state index contributed by atoms with van der Waals surface area (Å²) in [6.07, 6.45) is 2.39. The molecule has 0 spiro atoms. The van der Waals surface area contributed by atoms with Gasteiger partial charge in [0, 0.05) is 19.6 Å². The van der Waals surface area contributed by atoms with E-state index in [9.17, 15) is 21.2 Å². The minimum atomic E-state index is -3.67. The number of benzene rings is 1. The van der Waals surface area contributed by atoms with E-state index in [-0.39, 0.29) is 17.4 Å². The van der Waals surface area contributed by atoms with Crippen molar-refractivity contribution in [1.82, 2.24) is 9.03 Å². The van der Waals surface area contributed by atoms with Crippen LogP contribution < -0.4 is 4.72 Å². The summed E-state index contributed by atoms with van der Waals surface area (Å²) >= 11 is 0. The van der Waals surface area contributed by atoms with Crippen LogP contribution in [0.15, 0.2) is 29.2 Å². The van der Waals surface area contributed by atoms with Crippen molar-refractivity contribution in [2.45, 2.75) is 17.7 Å². The Morgan fingerprint density at radius 2 is 1.68 bits per heavy atom. The summed E-state index contributed by atoms with van der Waals surface area (Å²) in [6.45, 7) is 1.06. The van der Waals surface area contributed by atoms with Crippen LogP contribution in [0.2, 0.25) is 0 Å². The molecule has 6 nitrogen and oxygen atoms in total. The van der Waals surface area contributed by atoms with E-state index in [1.165, 1.54) is 22.7 Å². The van der Waals surface area contributed by atoms with Gasteiger partial charge in [0.05, 0.1) is 11.2 Å². The summed E-state index contributed by atoms with van der Waals surface area (Å²) in [5.41, 5.74) is 0. The molecular weight excluding hydrogens is 331 g/mol. The highest BCUT2D eigenvalue weighted by atomic mass is 32.2. The van der Waals surface area contributed by atoms with Gasteiger partial charge in [-0.25, -0.2) is 30.3 Å². The van der Waals surface area contributed by atoms with Crippen molar-refractivity contribution in [3.05, 3.63) is 30.1 Å². The third-order valence-electron chi connectivity index (χ3n) is 3.73. The van der Waals surface area contributed by atoms with Crippen LogP contribution in [0.25, 0.3) is 0 Å². The van der Waals surface area contributed by atoms with Gasteiger partial charge in [0.15, 0.2) is 0 Å². The number of rotatable bonds is 5. The molecule has 2 rings (SSSR count). The molecule has 9 heteroatoms. The molecule has 124 valence electrons. The number of halogens is 1. The van der Waals surface area contributed by atoms with Crippen LogP contribution in [0, 0.1) is 11.7 Å². The summed E-state index contributed by atoms with van der Waals surface area (Å²) in [7, 11) is -6.85. The molecule has 1 aromatic rings. The molecule has 0 aliphatic carbocycles. The second-order valence-corrected chi connectivity index (χ2v) is 9.16. The molecule has 1 heterocycles. The molecule has 0 radical (unpaired) electrons. The third-order valence-corrected chi connectivity index (χ3v) is 6.47. The average molecular weight is 350 g/mol. The molecule has 1 aliphatic rings. The molecule has 1 N–H and O–H groups in total. The molecule has 1 aliphatic heterocycles. The fourth-order valence-corrected chi connectivity index (χ4v) is 4.36. The highest BCUT2D eigenvalue weighted by molar-refractivity contribution is 7.89. The highest BCUT2D eigenvalue weighted by Gasteiger charge is 2.26. The molecule has 0 unspecified atom stereocenters. The van der Waals surface area contributed by atoms with Crippen molar-refractivity contribution >= 4 is 20.0 Å².